The quantitative estimate of drug-likeness (QED) is 0.901. The van der Waals surface area contributed by atoms with Gasteiger partial charge in [-0.05, 0) is 17.7 Å². The third kappa shape index (κ3) is 4.91. The second kappa shape index (κ2) is 8.11. The molecule has 0 saturated carbocycles. The monoisotopic (exact) mass is 337 g/mol. The molecule has 0 aromatic heterocycles. The number of hydrogen-bond donors (Lipinski definition) is 1. The number of nitrogens with zero attached hydrogens (tertiary/aromatic N) is 2. The maximum atomic E-state index is 12.4. The Labute approximate surface area is 142 Å². The van der Waals surface area contributed by atoms with Gasteiger partial charge in [0.1, 0.15) is 0 Å². The first-order valence-corrected chi connectivity index (χ1v) is 8.64. The van der Waals surface area contributed by atoms with E-state index in [0.29, 0.717) is 13.0 Å². The van der Waals surface area contributed by atoms with E-state index in [0.717, 1.165) is 50.9 Å². The fraction of sp³-hybridized carbons (Fsp3) is 0.588. The molecule has 0 radical (unpaired) electrons. The summed E-state index contributed by atoms with van der Waals surface area (Å²) >= 11 is 6.03. The van der Waals surface area contributed by atoms with Crippen molar-refractivity contribution in [3.8, 4) is 0 Å². The van der Waals surface area contributed by atoms with Gasteiger partial charge in [0.25, 0.3) is 0 Å². The zero-order chi connectivity index (χ0) is 16.1. The van der Waals surface area contributed by atoms with E-state index in [2.05, 4.69) is 16.3 Å². The van der Waals surface area contributed by atoms with Gasteiger partial charge in [0, 0.05) is 56.8 Å². The molecule has 1 N–H and O–H groups in total. The summed E-state index contributed by atoms with van der Waals surface area (Å²) in [6, 6.07) is 8.15. The molecule has 1 atom stereocenters. The zero-order valence-electron chi connectivity index (χ0n) is 13.3. The molecular weight excluding hydrogens is 314 g/mol. The number of hydrogen-bond acceptors (Lipinski definition) is 4. The number of benzene rings is 1. The van der Waals surface area contributed by atoms with E-state index in [-0.39, 0.29) is 11.9 Å². The van der Waals surface area contributed by atoms with Crippen molar-refractivity contribution in [2.75, 3.05) is 45.9 Å². The zero-order valence-corrected chi connectivity index (χ0v) is 14.1. The number of nitrogens with one attached hydrogen (secondary N) is 1. The average molecular weight is 338 g/mol. The number of carbonyl (C=O) groups excluding carboxylic acids is 1. The van der Waals surface area contributed by atoms with Crippen molar-refractivity contribution >= 4 is 17.5 Å². The number of halogens is 1. The second-order valence-corrected chi connectivity index (χ2v) is 6.65. The summed E-state index contributed by atoms with van der Waals surface area (Å²) in [5, 5.41) is 4.12. The van der Waals surface area contributed by atoms with Crippen molar-refractivity contribution in [3.63, 3.8) is 0 Å². The Balaban J connectivity index is 1.43. The molecule has 2 heterocycles. The standard InChI is InChI=1S/C17H24ClN3O2/c18-15-3-1-2-14(10-15)12-20-5-7-21(8-6-20)17(22)11-16-13-23-9-4-19-16/h1-3,10,16,19H,4-9,11-13H2/t16-/m0/s1. The topological polar surface area (TPSA) is 44.8 Å². The van der Waals surface area contributed by atoms with Crippen LogP contribution in [0.15, 0.2) is 24.3 Å². The largest absolute Gasteiger partial charge is 0.378 e. The molecule has 126 valence electrons. The SMILES string of the molecule is O=C(C[C@H]1COCCN1)N1CCN(Cc2cccc(Cl)c2)CC1. The Morgan fingerprint density at radius 2 is 2.13 bits per heavy atom. The lowest BCUT2D eigenvalue weighted by Gasteiger charge is -2.35. The summed E-state index contributed by atoms with van der Waals surface area (Å²) in [5.41, 5.74) is 1.22. The number of ether oxygens (including phenoxy) is 1. The van der Waals surface area contributed by atoms with E-state index in [1.807, 2.05) is 23.1 Å². The molecule has 1 aromatic rings. The van der Waals surface area contributed by atoms with Crippen LogP contribution in [0.5, 0.6) is 0 Å². The van der Waals surface area contributed by atoms with E-state index in [4.69, 9.17) is 16.3 Å². The van der Waals surface area contributed by atoms with Gasteiger partial charge in [0.15, 0.2) is 0 Å². The Hall–Kier alpha value is -1.14. The number of rotatable bonds is 4. The van der Waals surface area contributed by atoms with Crippen LogP contribution in [-0.2, 0) is 16.1 Å². The van der Waals surface area contributed by atoms with Crippen LogP contribution in [0.1, 0.15) is 12.0 Å². The van der Waals surface area contributed by atoms with Gasteiger partial charge in [0.2, 0.25) is 5.91 Å². The van der Waals surface area contributed by atoms with E-state index < -0.39 is 0 Å². The summed E-state index contributed by atoms with van der Waals surface area (Å²) in [6.07, 6.45) is 0.536. The summed E-state index contributed by atoms with van der Waals surface area (Å²) < 4.78 is 5.41. The lowest BCUT2D eigenvalue weighted by molar-refractivity contribution is -0.134. The summed E-state index contributed by atoms with van der Waals surface area (Å²) in [4.78, 5) is 16.7. The smallest absolute Gasteiger partial charge is 0.224 e. The highest BCUT2D eigenvalue weighted by atomic mass is 35.5. The van der Waals surface area contributed by atoms with Crippen LogP contribution in [-0.4, -0.2) is 67.7 Å². The van der Waals surface area contributed by atoms with E-state index in [1.165, 1.54) is 5.56 Å². The minimum atomic E-state index is 0.167. The fourth-order valence-corrected chi connectivity index (χ4v) is 3.35. The first-order chi connectivity index (χ1) is 11.2. The average Bonchev–Trinajstić information content (AvgIpc) is 2.56. The van der Waals surface area contributed by atoms with Crippen LogP contribution in [0, 0.1) is 0 Å². The van der Waals surface area contributed by atoms with Crippen molar-refractivity contribution in [1.82, 2.24) is 15.1 Å². The van der Waals surface area contributed by atoms with Gasteiger partial charge in [-0.3, -0.25) is 9.69 Å². The third-order valence-corrected chi connectivity index (χ3v) is 4.67. The number of morpholine rings is 1. The molecule has 2 fully saturated rings. The maximum Gasteiger partial charge on any atom is 0.224 e. The summed E-state index contributed by atoms with van der Waals surface area (Å²) in [6.45, 7) is 6.53. The van der Waals surface area contributed by atoms with Gasteiger partial charge >= 0.3 is 0 Å². The Kier molecular flexibility index (Phi) is 5.89. The highest BCUT2D eigenvalue weighted by Crippen LogP contribution is 2.14. The Morgan fingerprint density at radius 1 is 1.30 bits per heavy atom. The first-order valence-electron chi connectivity index (χ1n) is 8.26. The van der Waals surface area contributed by atoms with Crippen molar-refractivity contribution in [2.45, 2.75) is 19.0 Å². The third-order valence-electron chi connectivity index (χ3n) is 4.44. The van der Waals surface area contributed by atoms with Crippen molar-refractivity contribution in [3.05, 3.63) is 34.9 Å². The van der Waals surface area contributed by atoms with Crippen molar-refractivity contribution < 1.29 is 9.53 Å². The molecule has 0 bridgehead atoms. The second-order valence-electron chi connectivity index (χ2n) is 6.22. The normalized spacial score (nSPS) is 23.0. The van der Waals surface area contributed by atoms with Gasteiger partial charge in [-0.2, -0.15) is 0 Å². The van der Waals surface area contributed by atoms with Gasteiger partial charge < -0.3 is 15.0 Å². The van der Waals surface area contributed by atoms with Gasteiger partial charge in [-0.15, -0.1) is 0 Å². The van der Waals surface area contributed by atoms with Gasteiger partial charge in [-0.1, -0.05) is 23.7 Å². The summed E-state index contributed by atoms with van der Waals surface area (Å²) in [5.74, 6) is 0.232. The molecule has 0 aliphatic carbocycles. The Morgan fingerprint density at radius 3 is 2.83 bits per heavy atom. The highest BCUT2D eigenvalue weighted by Gasteiger charge is 2.24. The van der Waals surface area contributed by atoms with Crippen LogP contribution < -0.4 is 5.32 Å². The maximum absolute atomic E-state index is 12.4. The molecule has 5 nitrogen and oxygen atoms in total. The van der Waals surface area contributed by atoms with Crippen LogP contribution in [0.2, 0.25) is 5.02 Å². The minimum absolute atomic E-state index is 0.167. The van der Waals surface area contributed by atoms with Crippen molar-refractivity contribution in [1.29, 1.82) is 0 Å². The molecule has 23 heavy (non-hydrogen) atoms. The molecule has 2 aliphatic rings. The fourth-order valence-electron chi connectivity index (χ4n) is 3.14. The lowest BCUT2D eigenvalue weighted by atomic mass is 10.1. The van der Waals surface area contributed by atoms with Gasteiger partial charge in [-0.25, -0.2) is 0 Å². The molecule has 0 unspecified atom stereocenters. The number of amides is 1. The minimum Gasteiger partial charge on any atom is -0.378 e. The van der Waals surface area contributed by atoms with Crippen molar-refractivity contribution in [2.24, 2.45) is 0 Å². The first kappa shape index (κ1) is 16.7. The van der Waals surface area contributed by atoms with E-state index in [1.54, 1.807) is 0 Å². The van der Waals surface area contributed by atoms with Gasteiger partial charge in [0.05, 0.1) is 13.2 Å². The molecule has 2 saturated heterocycles. The van der Waals surface area contributed by atoms with E-state index >= 15 is 0 Å². The molecule has 3 rings (SSSR count). The number of piperazine rings is 1. The van der Waals surface area contributed by atoms with Crippen LogP contribution >= 0.6 is 11.6 Å². The summed E-state index contributed by atoms with van der Waals surface area (Å²) in [7, 11) is 0. The predicted octanol–water partition coefficient (Wildman–Crippen LogP) is 1.36. The predicted molar refractivity (Wildman–Crippen MR) is 90.5 cm³/mol. The molecule has 0 spiro atoms. The highest BCUT2D eigenvalue weighted by molar-refractivity contribution is 6.30. The van der Waals surface area contributed by atoms with Crippen LogP contribution in [0.3, 0.4) is 0 Å². The molecule has 2 aliphatic heterocycles. The molecule has 1 amide bonds. The Bertz CT molecular complexity index is 526. The lowest BCUT2D eigenvalue weighted by Crippen LogP contribution is -2.51. The number of carbonyl (C=O) groups is 1. The molecular formula is C17H24ClN3O2. The molecule has 1 aromatic carbocycles. The van der Waals surface area contributed by atoms with E-state index in [9.17, 15) is 4.79 Å². The molecule has 6 heteroatoms. The van der Waals surface area contributed by atoms with Crippen LogP contribution in [0.4, 0.5) is 0 Å². The van der Waals surface area contributed by atoms with Crippen LogP contribution in [0.25, 0.3) is 0 Å².